The van der Waals surface area contributed by atoms with Gasteiger partial charge in [-0.1, -0.05) is 12.1 Å². The Morgan fingerprint density at radius 2 is 2.05 bits per heavy atom. The average Bonchev–Trinajstić information content (AvgIpc) is 2.90. The standard InChI is InChI=1S/C15H19FN4S/c1-11-19-9-14(21-11)10-20-15(17-2)18-8-7-12-3-5-13(16)6-4-12/h3-6,9H,7-8,10H2,1-2H3,(H2,17,18,20). The van der Waals surface area contributed by atoms with Crippen molar-refractivity contribution < 1.29 is 4.39 Å². The van der Waals surface area contributed by atoms with Gasteiger partial charge in [-0.2, -0.15) is 0 Å². The summed E-state index contributed by atoms with van der Waals surface area (Å²) in [6.07, 6.45) is 2.69. The minimum atomic E-state index is -0.205. The van der Waals surface area contributed by atoms with Crippen molar-refractivity contribution in [3.8, 4) is 0 Å². The van der Waals surface area contributed by atoms with Crippen molar-refractivity contribution >= 4 is 17.3 Å². The van der Waals surface area contributed by atoms with Gasteiger partial charge in [-0.3, -0.25) is 4.99 Å². The van der Waals surface area contributed by atoms with E-state index in [-0.39, 0.29) is 5.82 Å². The van der Waals surface area contributed by atoms with Crippen LogP contribution in [0.15, 0.2) is 35.5 Å². The van der Waals surface area contributed by atoms with Crippen molar-refractivity contribution in [2.24, 2.45) is 4.99 Å². The van der Waals surface area contributed by atoms with Gasteiger partial charge in [0, 0.05) is 24.7 Å². The first-order valence-electron chi connectivity index (χ1n) is 6.77. The van der Waals surface area contributed by atoms with E-state index in [2.05, 4.69) is 20.6 Å². The zero-order valence-corrected chi connectivity index (χ0v) is 13.0. The zero-order chi connectivity index (χ0) is 15.1. The Balaban J connectivity index is 1.74. The van der Waals surface area contributed by atoms with Gasteiger partial charge in [0.1, 0.15) is 5.82 Å². The highest BCUT2D eigenvalue weighted by molar-refractivity contribution is 7.11. The molecule has 1 aromatic heterocycles. The van der Waals surface area contributed by atoms with Gasteiger partial charge in [0.05, 0.1) is 11.6 Å². The maximum absolute atomic E-state index is 12.8. The number of aromatic nitrogens is 1. The van der Waals surface area contributed by atoms with E-state index in [0.29, 0.717) is 6.54 Å². The molecule has 0 bridgehead atoms. The number of nitrogens with one attached hydrogen (secondary N) is 2. The van der Waals surface area contributed by atoms with Crippen molar-refractivity contribution in [2.45, 2.75) is 19.9 Å². The van der Waals surface area contributed by atoms with Crippen LogP contribution in [0.25, 0.3) is 0 Å². The molecule has 0 aliphatic carbocycles. The molecule has 0 saturated carbocycles. The van der Waals surface area contributed by atoms with Crippen molar-refractivity contribution in [3.05, 3.63) is 51.7 Å². The lowest BCUT2D eigenvalue weighted by Crippen LogP contribution is -2.37. The van der Waals surface area contributed by atoms with Crippen molar-refractivity contribution in [3.63, 3.8) is 0 Å². The third-order valence-corrected chi connectivity index (χ3v) is 3.85. The van der Waals surface area contributed by atoms with Gasteiger partial charge in [-0.15, -0.1) is 11.3 Å². The van der Waals surface area contributed by atoms with Crippen LogP contribution in [0.3, 0.4) is 0 Å². The zero-order valence-electron chi connectivity index (χ0n) is 12.2. The van der Waals surface area contributed by atoms with Gasteiger partial charge in [-0.25, -0.2) is 9.37 Å². The normalized spacial score (nSPS) is 11.5. The molecule has 0 spiro atoms. The van der Waals surface area contributed by atoms with Crippen molar-refractivity contribution in [1.29, 1.82) is 0 Å². The highest BCUT2D eigenvalue weighted by atomic mass is 32.1. The Hall–Kier alpha value is -1.95. The third-order valence-electron chi connectivity index (χ3n) is 2.94. The summed E-state index contributed by atoms with van der Waals surface area (Å²) in [5, 5.41) is 7.54. The van der Waals surface area contributed by atoms with Gasteiger partial charge in [0.25, 0.3) is 0 Å². The number of nitrogens with zero attached hydrogens (tertiary/aromatic N) is 2. The molecule has 2 N–H and O–H groups in total. The number of rotatable bonds is 5. The van der Waals surface area contributed by atoms with Crippen LogP contribution in [0, 0.1) is 12.7 Å². The number of guanidine groups is 1. The monoisotopic (exact) mass is 306 g/mol. The second kappa shape index (κ2) is 7.73. The van der Waals surface area contributed by atoms with Gasteiger partial charge in [0.2, 0.25) is 0 Å². The average molecular weight is 306 g/mol. The number of benzene rings is 1. The Bertz CT molecular complexity index is 592. The summed E-state index contributed by atoms with van der Waals surface area (Å²) in [6, 6.07) is 6.56. The summed E-state index contributed by atoms with van der Waals surface area (Å²) >= 11 is 1.67. The van der Waals surface area contributed by atoms with Crippen LogP contribution in [0.4, 0.5) is 4.39 Å². The largest absolute Gasteiger partial charge is 0.356 e. The molecular formula is C15H19FN4S. The Kier molecular flexibility index (Phi) is 5.68. The molecule has 2 rings (SSSR count). The molecule has 4 nitrogen and oxygen atoms in total. The highest BCUT2D eigenvalue weighted by Gasteiger charge is 2.01. The second-order valence-electron chi connectivity index (χ2n) is 4.57. The molecule has 0 aliphatic rings. The number of thiazole rings is 1. The van der Waals surface area contributed by atoms with Crippen LogP contribution in [0.1, 0.15) is 15.4 Å². The molecule has 6 heteroatoms. The van der Waals surface area contributed by atoms with E-state index in [1.165, 1.54) is 17.0 Å². The molecule has 0 amide bonds. The summed E-state index contributed by atoms with van der Waals surface area (Å²) in [5.41, 5.74) is 1.09. The molecule has 2 aromatic rings. The van der Waals surface area contributed by atoms with Gasteiger partial charge in [0.15, 0.2) is 5.96 Å². The summed E-state index contributed by atoms with van der Waals surface area (Å²) in [5.74, 6) is 0.548. The summed E-state index contributed by atoms with van der Waals surface area (Å²) in [4.78, 5) is 9.57. The Morgan fingerprint density at radius 1 is 1.29 bits per heavy atom. The first-order valence-corrected chi connectivity index (χ1v) is 7.59. The Morgan fingerprint density at radius 3 is 2.67 bits per heavy atom. The predicted molar refractivity (Wildman–Crippen MR) is 85.2 cm³/mol. The Labute approximate surface area is 128 Å². The van der Waals surface area contributed by atoms with E-state index in [1.54, 1.807) is 30.5 Å². The number of aryl methyl sites for hydroxylation is 1. The number of halogens is 1. The number of hydrogen-bond acceptors (Lipinski definition) is 3. The SMILES string of the molecule is CN=C(NCCc1ccc(F)cc1)NCc1cnc(C)s1. The highest BCUT2D eigenvalue weighted by Crippen LogP contribution is 2.10. The molecule has 0 unspecified atom stereocenters. The molecule has 0 radical (unpaired) electrons. The minimum Gasteiger partial charge on any atom is -0.356 e. The molecule has 1 heterocycles. The summed E-state index contributed by atoms with van der Waals surface area (Å²) in [7, 11) is 1.74. The lowest BCUT2D eigenvalue weighted by molar-refractivity contribution is 0.626. The van der Waals surface area contributed by atoms with Gasteiger partial charge in [-0.05, 0) is 31.0 Å². The van der Waals surface area contributed by atoms with E-state index in [1.807, 2.05) is 13.1 Å². The lowest BCUT2D eigenvalue weighted by atomic mass is 10.1. The number of aliphatic imine (C=N–C) groups is 1. The van der Waals surface area contributed by atoms with Crippen LogP contribution in [0.5, 0.6) is 0 Å². The maximum Gasteiger partial charge on any atom is 0.191 e. The summed E-state index contributed by atoms with van der Waals surface area (Å²) < 4.78 is 12.8. The fourth-order valence-corrected chi connectivity index (χ4v) is 2.59. The van der Waals surface area contributed by atoms with E-state index in [0.717, 1.165) is 29.5 Å². The van der Waals surface area contributed by atoms with Crippen LogP contribution >= 0.6 is 11.3 Å². The van der Waals surface area contributed by atoms with E-state index >= 15 is 0 Å². The molecular weight excluding hydrogens is 287 g/mol. The minimum absolute atomic E-state index is 0.205. The molecule has 112 valence electrons. The molecule has 0 atom stereocenters. The fraction of sp³-hybridized carbons (Fsp3) is 0.333. The topological polar surface area (TPSA) is 49.3 Å². The van der Waals surface area contributed by atoms with E-state index < -0.39 is 0 Å². The predicted octanol–water partition coefficient (Wildman–Crippen LogP) is 2.50. The molecule has 21 heavy (non-hydrogen) atoms. The van der Waals surface area contributed by atoms with Crippen molar-refractivity contribution in [2.75, 3.05) is 13.6 Å². The molecule has 0 aliphatic heterocycles. The first kappa shape index (κ1) is 15.4. The lowest BCUT2D eigenvalue weighted by Gasteiger charge is -2.11. The van der Waals surface area contributed by atoms with E-state index in [9.17, 15) is 4.39 Å². The van der Waals surface area contributed by atoms with Crippen molar-refractivity contribution in [1.82, 2.24) is 15.6 Å². The maximum atomic E-state index is 12.8. The number of hydrogen-bond donors (Lipinski definition) is 2. The smallest absolute Gasteiger partial charge is 0.191 e. The fourth-order valence-electron chi connectivity index (χ4n) is 1.85. The van der Waals surface area contributed by atoms with Gasteiger partial charge >= 0.3 is 0 Å². The molecule has 1 aromatic carbocycles. The van der Waals surface area contributed by atoms with Crippen LogP contribution in [0.2, 0.25) is 0 Å². The van der Waals surface area contributed by atoms with Crippen LogP contribution < -0.4 is 10.6 Å². The quantitative estimate of drug-likeness (QED) is 0.659. The molecule has 0 fully saturated rings. The van der Waals surface area contributed by atoms with E-state index in [4.69, 9.17) is 0 Å². The third kappa shape index (κ3) is 5.15. The van der Waals surface area contributed by atoms with Crippen LogP contribution in [-0.4, -0.2) is 24.5 Å². The van der Waals surface area contributed by atoms with Gasteiger partial charge < -0.3 is 10.6 Å². The summed E-state index contributed by atoms with van der Waals surface area (Å²) in [6.45, 7) is 3.44. The molecule has 0 saturated heterocycles. The first-order chi connectivity index (χ1) is 10.2. The van der Waals surface area contributed by atoms with Crippen LogP contribution in [-0.2, 0) is 13.0 Å². The second-order valence-corrected chi connectivity index (χ2v) is 5.89.